The van der Waals surface area contributed by atoms with Gasteiger partial charge in [0.05, 0.1) is 14.2 Å². The number of benzene rings is 2. The van der Waals surface area contributed by atoms with Crippen molar-refractivity contribution in [3.05, 3.63) is 53.6 Å². The quantitative estimate of drug-likeness (QED) is 0.790. The van der Waals surface area contributed by atoms with Gasteiger partial charge >= 0.3 is 0 Å². The molecule has 0 radical (unpaired) electrons. The van der Waals surface area contributed by atoms with Crippen LogP contribution in [0.25, 0.3) is 0 Å². The van der Waals surface area contributed by atoms with Crippen LogP contribution in [0.5, 0.6) is 11.5 Å². The minimum absolute atomic E-state index is 0.761. The third kappa shape index (κ3) is 4.41. The summed E-state index contributed by atoms with van der Waals surface area (Å²) in [5.74, 6) is 1.66. The fraction of sp³-hybridized carbons (Fsp3) is 0.294. The third-order valence-electron chi connectivity index (χ3n) is 3.30. The second-order valence-corrected chi connectivity index (χ2v) is 5.51. The highest BCUT2D eigenvalue weighted by Gasteiger charge is 2.04. The van der Waals surface area contributed by atoms with E-state index in [1.54, 1.807) is 26.0 Å². The van der Waals surface area contributed by atoms with E-state index >= 15 is 0 Å². The van der Waals surface area contributed by atoms with Crippen molar-refractivity contribution < 1.29 is 9.47 Å². The Morgan fingerprint density at radius 1 is 0.952 bits per heavy atom. The zero-order valence-electron chi connectivity index (χ0n) is 12.7. The van der Waals surface area contributed by atoms with Crippen molar-refractivity contribution in [1.29, 1.82) is 0 Å². The summed E-state index contributed by atoms with van der Waals surface area (Å²) in [6.07, 6.45) is 2.09. The summed E-state index contributed by atoms with van der Waals surface area (Å²) in [6.45, 7) is 1.60. The average molecular weight is 303 g/mol. The lowest BCUT2D eigenvalue weighted by Crippen LogP contribution is -2.13. The first-order chi connectivity index (χ1) is 10.3. The van der Waals surface area contributed by atoms with Crippen molar-refractivity contribution in [2.45, 2.75) is 18.0 Å². The first kappa shape index (κ1) is 15.7. The highest BCUT2D eigenvalue weighted by atomic mass is 32.2. The van der Waals surface area contributed by atoms with E-state index in [0.29, 0.717) is 0 Å². The summed E-state index contributed by atoms with van der Waals surface area (Å²) in [4.78, 5) is 1.29. The van der Waals surface area contributed by atoms with Gasteiger partial charge in [-0.15, -0.1) is 11.8 Å². The van der Waals surface area contributed by atoms with E-state index in [1.165, 1.54) is 10.5 Å². The van der Waals surface area contributed by atoms with Crippen LogP contribution in [0.15, 0.2) is 47.4 Å². The number of nitrogens with one attached hydrogen (secondary N) is 1. The van der Waals surface area contributed by atoms with Gasteiger partial charge < -0.3 is 14.8 Å². The smallest absolute Gasteiger partial charge is 0.127 e. The summed E-state index contributed by atoms with van der Waals surface area (Å²) in [6, 6.07) is 14.5. The number of rotatable bonds is 7. The molecule has 0 unspecified atom stereocenters. The van der Waals surface area contributed by atoms with Crippen molar-refractivity contribution in [3.63, 3.8) is 0 Å². The predicted molar refractivity (Wildman–Crippen MR) is 88.3 cm³/mol. The Bertz CT molecular complexity index is 570. The summed E-state index contributed by atoms with van der Waals surface area (Å²) < 4.78 is 10.6. The molecule has 0 amide bonds. The lowest BCUT2D eigenvalue weighted by atomic mass is 10.1. The molecular weight excluding hydrogens is 282 g/mol. The highest BCUT2D eigenvalue weighted by molar-refractivity contribution is 7.98. The molecule has 112 valence electrons. The van der Waals surface area contributed by atoms with Gasteiger partial charge in [0, 0.05) is 29.6 Å². The number of hydrogen-bond donors (Lipinski definition) is 1. The summed E-state index contributed by atoms with van der Waals surface area (Å²) in [5, 5.41) is 3.44. The Labute approximate surface area is 130 Å². The van der Waals surface area contributed by atoms with Crippen molar-refractivity contribution in [2.75, 3.05) is 20.5 Å². The van der Waals surface area contributed by atoms with E-state index in [9.17, 15) is 0 Å². The first-order valence-corrected chi connectivity index (χ1v) is 8.04. The molecule has 0 aliphatic heterocycles. The van der Waals surface area contributed by atoms with E-state index < -0.39 is 0 Å². The molecule has 0 bridgehead atoms. The molecule has 2 rings (SSSR count). The van der Waals surface area contributed by atoms with E-state index in [-0.39, 0.29) is 0 Å². The molecule has 0 fully saturated rings. The van der Waals surface area contributed by atoms with Crippen LogP contribution in [0.2, 0.25) is 0 Å². The Morgan fingerprint density at radius 2 is 1.71 bits per heavy atom. The molecule has 2 aromatic rings. The van der Waals surface area contributed by atoms with Gasteiger partial charge in [0.25, 0.3) is 0 Å². The van der Waals surface area contributed by atoms with E-state index in [4.69, 9.17) is 9.47 Å². The van der Waals surface area contributed by atoms with Crippen molar-refractivity contribution in [2.24, 2.45) is 0 Å². The van der Waals surface area contributed by atoms with Gasteiger partial charge in [-0.1, -0.05) is 18.2 Å². The van der Waals surface area contributed by atoms with Crippen LogP contribution in [-0.4, -0.2) is 20.5 Å². The van der Waals surface area contributed by atoms with Gasteiger partial charge in [-0.2, -0.15) is 0 Å². The number of methoxy groups -OCH3 is 2. The average Bonchev–Trinajstić information content (AvgIpc) is 2.55. The Morgan fingerprint density at radius 3 is 2.33 bits per heavy atom. The zero-order chi connectivity index (χ0) is 15.1. The van der Waals surface area contributed by atoms with Crippen LogP contribution >= 0.6 is 11.8 Å². The second kappa shape index (κ2) is 7.96. The molecular formula is C17H21NO2S. The maximum absolute atomic E-state index is 5.40. The fourth-order valence-corrected chi connectivity index (χ4v) is 2.49. The molecule has 3 nitrogen and oxygen atoms in total. The second-order valence-electron chi connectivity index (χ2n) is 4.63. The minimum Gasteiger partial charge on any atom is -0.497 e. The molecule has 0 atom stereocenters. The van der Waals surface area contributed by atoms with Crippen LogP contribution in [-0.2, 0) is 13.1 Å². The van der Waals surface area contributed by atoms with Gasteiger partial charge in [0.2, 0.25) is 0 Å². The minimum atomic E-state index is 0.761. The van der Waals surface area contributed by atoms with Gasteiger partial charge in [0.15, 0.2) is 0 Å². The van der Waals surface area contributed by atoms with Crippen molar-refractivity contribution in [3.8, 4) is 11.5 Å². The first-order valence-electron chi connectivity index (χ1n) is 6.81. The number of thioether (sulfide) groups is 1. The molecule has 0 aliphatic rings. The molecule has 0 aromatic heterocycles. The largest absolute Gasteiger partial charge is 0.497 e. The Hall–Kier alpha value is -1.65. The molecule has 0 saturated carbocycles. The molecule has 4 heteroatoms. The normalized spacial score (nSPS) is 10.4. The van der Waals surface area contributed by atoms with E-state index in [0.717, 1.165) is 30.2 Å². The molecule has 0 saturated heterocycles. The molecule has 0 aliphatic carbocycles. The predicted octanol–water partition coefficient (Wildman–Crippen LogP) is 3.72. The van der Waals surface area contributed by atoms with Crippen LogP contribution in [0.4, 0.5) is 0 Å². The van der Waals surface area contributed by atoms with E-state index in [1.807, 2.05) is 18.2 Å². The molecule has 21 heavy (non-hydrogen) atoms. The topological polar surface area (TPSA) is 30.5 Å². The Kier molecular flexibility index (Phi) is 5.96. The lowest BCUT2D eigenvalue weighted by Gasteiger charge is -2.11. The lowest BCUT2D eigenvalue weighted by molar-refractivity contribution is 0.390. The molecule has 0 heterocycles. The molecule has 0 spiro atoms. The maximum Gasteiger partial charge on any atom is 0.127 e. The summed E-state index contributed by atoms with van der Waals surface area (Å²) in [5.41, 5.74) is 2.40. The summed E-state index contributed by atoms with van der Waals surface area (Å²) >= 11 is 1.76. The van der Waals surface area contributed by atoms with Crippen molar-refractivity contribution in [1.82, 2.24) is 5.32 Å². The Balaban J connectivity index is 1.93. The molecule has 2 aromatic carbocycles. The van der Waals surface area contributed by atoms with Crippen LogP contribution in [0.3, 0.4) is 0 Å². The number of hydrogen-bond acceptors (Lipinski definition) is 4. The third-order valence-corrected chi connectivity index (χ3v) is 4.04. The van der Waals surface area contributed by atoms with Gasteiger partial charge in [0.1, 0.15) is 11.5 Å². The van der Waals surface area contributed by atoms with Crippen LogP contribution in [0.1, 0.15) is 11.1 Å². The van der Waals surface area contributed by atoms with E-state index in [2.05, 4.69) is 35.8 Å². The monoisotopic (exact) mass is 303 g/mol. The van der Waals surface area contributed by atoms with Gasteiger partial charge in [-0.05, 0) is 30.0 Å². The highest BCUT2D eigenvalue weighted by Crippen LogP contribution is 2.24. The van der Waals surface area contributed by atoms with Crippen LogP contribution in [0, 0.1) is 0 Å². The van der Waals surface area contributed by atoms with Crippen LogP contribution < -0.4 is 14.8 Å². The maximum atomic E-state index is 5.40. The summed E-state index contributed by atoms with van der Waals surface area (Å²) in [7, 11) is 3.34. The van der Waals surface area contributed by atoms with Gasteiger partial charge in [-0.3, -0.25) is 0 Å². The fourth-order valence-electron chi connectivity index (χ4n) is 2.08. The SMILES string of the molecule is COc1ccc(CNCc2ccc(SC)cc2)c(OC)c1. The van der Waals surface area contributed by atoms with Crippen molar-refractivity contribution >= 4 is 11.8 Å². The van der Waals surface area contributed by atoms with Gasteiger partial charge in [-0.25, -0.2) is 0 Å². The zero-order valence-corrected chi connectivity index (χ0v) is 13.5. The molecule has 1 N–H and O–H groups in total. The number of ether oxygens (including phenoxy) is 2. The standard InChI is InChI=1S/C17H21NO2S/c1-19-15-7-6-14(17(10-15)20-2)12-18-11-13-4-8-16(21-3)9-5-13/h4-10,18H,11-12H2,1-3H3.